The van der Waals surface area contributed by atoms with Crippen LogP contribution in [0.25, 0.3) is 0 Å². The summed E-state index contributed by atoms with van der Waals surface area (Å²) in [6.45, 7) is 3.73. The van der Waals surface area contributed by atoms with Gasteiger partial charge in [0.2, 0.25) is 0 Å². The molecule has 0 bridgehead atoms. The number of hydrogen-bond acceptors (Lipinski definition) is 3. The third-order valence-corrected chi connectivity index (χ3v) is 2.71. The molecule has 1 N–H and O–H groups in total. The number of nitrogens with zero attached hydrogens (tertiary/aromatic N) is 1. The standard InChI is InChI=1S/C9H18N2O/c1-7(12)8-4-5-11(3)6-9(8)10-2/h8-10H,4-6H2,1-3H3/t8-,9?/m1/s1. The second-order valence-electron chi connectivity index (χ2n) is 3.66. The van der Waals surface area contributed by atoms with Crippen molar-refractivity contribution >= 4 is 5.78 Å². The van der Waals surface area contributed by atoms with Crippen LogP contribution < -0.4 is 5.32 Å². The van der Waals surface area contributed by atoms with E-state index in [1.165, 1.54) is 0 Å². The lowest BCUT2D eigenvalue weighted by molar-refractivity contribution is -0.122. The normalized spacial score (nSPS) is 31.9. The zero-order valence-corrected chi connectivity index (χ0v) is 8.13. The van der Waals surface area contributed by atoms with Gasteiger partial charge in [0.1, 0.15) is 5.78 Å². The summed E-state index contributed by atoms with van der Waals surface area (Å²) in [6.07, 6.45) is 0.997. The molecule has 0 spiro atoms. The molecule has 3 heteroatoms. The number of ketones is 1. The fourth-order valence-electron chi connectivity index (χ4n) is 1.89. The maximum atomic E-state index is 11.2. The highest BCUT2D eigenvalue weighted by molar-refractivity contribution is 5.79. The molecule has 0 saturated carbocycles. The minimum Gasteiger partial charge on any atom is -0.315 e. The highest BCUT2D eigenvalue weighted by Gasteiger charge is 2.29. The van der Waals surface area contributed by atoms with Crippen LogP contribution >= 0.6 is 0 Å². The zero-order valence-electron chi connectivity index (χ0n) is 8.13. The summed E-state index contributed by atoms with van der Waals surface area (Å²) >= 11 is 0. The maximum Gasteiger partial charge on any atom is 0.134 e. The van der Waals surface area contributed by atoms with Crippen LogP contribution in [0.1, 0.15) is 13.3 Å². The van der Waals surface area contributed by atoms with E-state index in [4.69, 9.17) is 0 Å². The van der Waals surface area contributed by atoms with Crippen LogP contribution in [0.5, 0.6) is 0 Å². The average Bonchev–Trinajstić information content (AvgIpc) is 2.03. The van der Waals surface area contributed by atoms with Gasteiger partial charge in [-0.05, 0) is 34.0 Å². The lowest BCUT2D eigenvalue weighted by atomic mass is 9.89. The molecule has 1 heterocycles. The number of likely N-dealkylation sites (N-methyl/N-ethyl adjacent to an activating group) is 2. The molecule has 0 aromatic rings. The van der Waals surface area contributed by atoms with Gasteiger partial charge in [0.05, 0.1) is 0 Å². The Bertz CT molecular complexity index is 170. The van der Waals surface area contributed by atoms with Crippen molar-refractivity contribution < 1.29 is 4.79 Å². The molecule has 1 rings (SSSR count). The third kappa shape index (κ3) is 2.05. The summed E-state index contributed by atoms with van der Waals surface area (Å²) in [7, 11) is 4.03. The largest absolute Gasteiger partial charge is 0.315 e. The molecular weight excluding hydrogens is 152 g/mol. The van der Waals surface area contributed by atoms with Crippen LogP contribution in [0.3, 0.4) is 0 Å². The summed E-state index contributed by atoms with van der Waals surface area (Å²) in [5.41, 5.74) is 0. The minimum atomic E-state index is 0.228. The van der Waals surface area contributed by atoms with E-state index >= 15 is 0 Å². The predicted molar refractivity (Wildman–Crippen MR) is 49.1 cm³/mol. The van der Waals surface area contributed by atoms with Crippen molar-refractivity contribution in [2.24, 2.45) is 5.92 Å². The van der Waals surface area contributed by atoms with Gasteiger partial charge in [-0.1, -0.05) is 0 Å². The number of Topliss-reactive ketones (excluding diaryl/α,β-unsaturated/α-hetero) is 1. The molecule has 1 saturated heterocycles. The number of rotatable bonds is 2. The molecule has 0 aliphatic carbocycles. The fraction of sp³-hybridized carbons (Fsp3) is 0.889. The molecule has 1 aliphatic rings. The van der Waals surface area contributed by atoms with Crippen LogP contribution in [0.4, 0.5) is 0 Å². The molecule has 3 nitrogen and oxygen atoms in total. The summed E-state index contributed by atoms with van der Waals surface area (Å²) in [5, 5.41) is 3.20. The molecule has 12 heavy (non-hydrogen) atoms. The molecule has 1 unspecified atom stereocenters. The number of likely N-dealkylation sites (tertiary alicyclic amines) is 1. The quantitative estimate of drug-likeness (QED) is 0.638. The summed E-state index contributed by atoms with van der Waals surface area (Å²) in [4.78, 5) is 13.5. The number of hydrogen-bond donors (Lipinski definition) is 1. The lowest BCUT2D eigenvalue weighted by Crippen LogP contribution is -2.50. The van der Waals surface area contributed by atoms with Crippen molar-refractivity contribution in [1.29, 1.82) is 0 Å². The Hall–Kier alpha value is -0.410. The van der Waals surface area contributed by atoms with E-state index in [0.717, 1.165) is 19.5 Å². The second kappa shape index (κ2) is 4.01. The van der Waals surface area contributed by atoms with Gasteiger partial charge in [0.15, 0.2) is 0 Å². The van der Waals surface area contributed by atoms with E-state index in [0.29, 0.717) is 11.8 Å². The minimum absolute atomic E-state index is 0.228. The fourth-order valence-corrected chi connectivity index (χ4v) is 1.89. The molecule has 70 valence electrons. The molecule has 1 fully saturated rings. The highest BCUT2D eigenvalue weighted by Crippen LogP contribution is 2.17. The first kappa shape index (κ1) is 9.68. The van der Waals surface area contributed by atoms with Crippen LogP contribution in [0, 0.1) is 5.92 Å². The van der Waals surface area contributed by atoms with Gasteiger partial charge in [-0.15, -0.1) is 0 Å². The number of piperidine rings is 1. The molecule has 0 amide bonds. The Morgan fingerprint density at radius 2 is 2.25 bits per heavy atom. The second-order valence-corrected chi connectivity index (χ2v) is 3.66. The Morgan fingerprint density at radius 1 is 1.58 bits per heavy atom. The molecule has 2 atom stereocenters. The van der Waals surface area contributed by atoms with Gasteiger partial charge >= 0.3 is 0 Å². The van der Waals surface area contributed by atoms with Crippen LogP contribution in [0.2, 0.25) is 0 Å². The number of nitrogens with one attached hydrogen (secondary N) is 1. The van der Waals surface area contributed by atoms with Crippen molar-refractivity contribution in [3.63, 3.8) is 0 Å². The van der Waals surface area contributed by atoms with Gasteiger partial charge in [0, 0.05) is 18.5 Å². The maximum absolute atomic E-state index is 11.2. The van der Waals surface area contributed by atoms with Crippen molar-refractivity contribution in [3.8, 4) is 0 Å². The zero-order chi connectivity index (χ0) is 9.14. The Balaban J connectivity index is 2.56. The topological polar surface area (TPSA) is 32.3 Å². The lowest BCUT2D eigenvalue weighted by Gasteiger charge is -2.35. The van der Waals surface area contributed by atoms with E-state index in [9.17, 15) is 4.79 Å². The van der Waals surface area contributed by atoms with Crippen LogP contribution in [-0.4, -0.2) is 43.9 Å². The Kier molecular flexibility index (Phi) is 3.23. The first-order chi connectivity index (χ1) is 5.65. The van der Waals surface area contributed by atoms with E-state index in [2.05, 4.69) is 17.3 Å². The first-order valence-electron chi connectivity index (χ1n) is 4.51. The monoisotopic (exact) mass is 170 g/mol. The van der Waals surface area contributed by atoms with Gasteiger partial charge in [-0.25, -0.2) is 0 Å². The SMILES string of the molecule is CNC1CN(C)CC[C@@H]1C(C)=O. The number of carbonyl (C=O) groups excluding carboxylic acids is 1. The molecule has 0 aromatic carbocycles. The summed E-state index contributed by atoms with van der Waals surface area (Å²) in [5.74, 6) is 0.550. The average molecular weight is 170 g/mol. The predicted octanol–water partition coefficient (Wildman–Crippen LogP) is 0.115. The van der Waals surface area contributed by atoms with Gasteiger partial charge in [-0.3, -0.25) is 4.79 Å². The van der Waals surface area contributed by atoms with E-state index in [1.807, 2.05) is 7.05 Å². The van der Waals surface area contributed by atoms with Crippen molar-refractivity contribution in [2.75, 3.05) is 27.2 Å². The Labute approximate surface area is 74.1 Å². The van der Waals surface area contributed by atoms with Crippen molar-refractivity contribution in [3.05, 3.63) is 0 Å². The third-order valence-electron chi connectivity index (χ3n) is 2.71. The summed E-state index contributed by atoms with van der Waals surface area (Å²) in [6, 6.07) is 0.348. The van der Waals surface area contributed by atoms with E-state index < -0.39 is 0 Å². The van der Waals surface area contributed by atoms with Gasteiger partial charge < -0.3 is 10.2 Å². The van der Waals surface area contributed by atoms with Crippen LogP contribution in [-0.2, 0) is 4.79 Å². The smallest absolute Gasteiger partial charge is 0.134 e. The van der Waals surface area contributed by atoms with Gasteiger partial charge in [0.25, 0.3) is 0 Å². The van der Waals surface area contributed by atoms with Crippen molar-refractivity contribution in [2.45, 2.75) is 19.4 Å². The highest BCUT2D eigenvalue weighted by atomic mass is 16.1. The Morgan fingerprint density at radius 3 is 2.75 bits per heavy atom. The molecule has 0 aromatic heterocycles. The van der Waals surface area contributed by atoms with E-state index in [1.54, 1.807) is 6.92 Å². The van der Waals surface area contributed by atoms with Crippen molar-refractivity contribution in [1.82, 2.24) is 10.2 Å². The molecular formula is C9H18N2O. The van der Waals surface area contributed by atoms with Crippen LogP contribution in [0.15, 0.2) is 0 Å². The number of carbonyl (C=O) groups is 1. The first-order valence-corrected chi connectivity index (χ1v) is 4.51. The van der Waals surface area contributed by atoms with Gasteiger partial charge in [-0.2, -0.15) is 0 Å². The summed E-state index contributed by atoms with van der Waals surface area (Å²) < 4.78 is 0. The van der Waals surface area contributed by atoms with E-state index in [-0.39, 0.29) is 5.92 Å². The molecule has 0 radical (unpaired) electrons. The molecule has 1 aliphatic heterocycles.